The van der Waals surface area contributed by atoms with Crippen LogP contribution in [0.2, 0.25) is 0 Å². The van der Waals surface area contributed by atoms with Gasteiger partial charge in [-0.25, -0.2) is 0 Å². The van der Waals surface area contributed by atoms with Gasteiger partial charge in [-0.2, -0.15) is 0 Å². The van der Waals surface area contributed by atoms with E-state index in [1.165, 1.54) is 6.07 Å². The molecule has 94 valence electrons. The third-order valence-electron chi connectivity index (χ3n) is 3.09. The van der Waals surface area contributed by atoms with E-state index in [0.717, 1.165) is 51.3 Å². The predicted molar refractivity (Wildman–Crippen MR) is 65.4 cm³/mol. The number of hydrogen-bond acceptors (Lipinski definition) is 4. The Labute approximate surface area is 101 Å². The van der Waals surface area contributed by atoms with Gasteiger partial charge in [-0.05, 0) is 31.0 Å². The highest BCUT2D eigenvalue weighted by Gasteiger charge is 2.10. The van der Waals surface area contributed by atoms with Gasteiger partial charge in [-0.3, -0.25) is 4.90 Å². The van der Waals surface area contributed by atoms with E-state index in [-0.39, 0.29) is 11.5 Å². The van der Waals surface area contributed by atoms with Crippen LogP contribution in [-0.2, 0) is 11.2 Å². The summed E-state index contributed by atoms with van der Waals surface area (Å²) < 4.78 is 5.29. The highest BCUT2D eigenvalue weighted by atomic mass is 16.5. The van der Waals surface area contributed by atoms with E-state index in [0.29, 0.717) is 0 Å². The molecule has 0 spiro atoms. The number of phenolic OH excluding ortho intramolecular Hbond substituents is 2. The standard InChI is InChI=1S/C13H19NO3/c15-12-4-3-11(13(16)10-12)2-1-5-14-6-8-17-9-7-14/h3-4,10,15-16H,1-2,5-9H2. The van der Waals surface area contributed by atoms with Crippen LogP contribution in [0.15, 0.2) is 18.2 Å². The van der Waals surface area contributed by atoms with E-state index in [4.69, 9.17) is 4.74 Å². The second kappa shape index (κ2) is 5.89. The van der Waals surface area contributed by atoms with Crippen LogP contribution in [0.1, 0.15) is 12.0 Å². The first-order chi connectivity index (χ1) is 8.25. The zero-order valence-corrected chi connectivity index (χ0v) is 9.93. The number of nitrogens with zero attached hydrogens (tertiary/aromatic N) is 1. The quantitative estimate of drug-likeness (QED) is 0.830. The van der Waals surface area contributed by atoms with Crippen molar-refractivity contribution in [1.82, 2.24) is 4.90 Å². The molecule has 1 aliphatic heterocycles. The lowest BCUT2D eigenvalue weighted by molar-refractivity contribution is 0.0374. The molecule has 1 aromatic carbocycles. The number of morpholine rings is 1. The Bertz CT molecular complexity index is 362. The smallest absolute Gasteiger partial charge is 0.122 e. The van der Waals surface area contributed by atoms with Gasteiger partial charge in [-0.1, -0.05) is 6.07 Å². The highest BCUT2D eigenvalue weighted by Crippen LogP contribution is 2.23. The maximum atomic E-state index is 9.63. The van der Waals surface area contributed by atoms with Crippen LogP contribution in [-0.4, -0.2) is 48.0 Å². The fourth-order valence-electron chi connectivity index (χ4n) is 2.08. The summed E-state index contributed by atoms with van der Waals surface area (Å²) in [6, 6.07) is 4.79. The van der Waals surface area contributed by atoms with Crippen LogP contribution < -0.4 is 0 Å². The molecular weight excluding hydrogens is 218 g/mol. The predicted octanol–water partition coefficient (Wildman–Crippen LogP) is 1.36. The van der Waals surface area contributed by atoms with Crippen molar-refractivity contribution in [3.05, 3.63) is 23.8 Å². The molecule has 1 aromatic rings. The molecule has 1 aliphatic rings. The van der Waals surface area contributed by atoms with Crippen molar-refractivity contribution in [2.45, 2.75) is 12.8 Å². The molecule has 0 atom stereocenters. The molecule has 1 heterocycles. The Morgan fingerprint density at radius 3 is 2.65 bits per heavy atom. The summed E-state index contributed by atoms with van der Waals surface area (Å²) in [4.78, 5) is 2.38. The monoisotopic (exact) mass is 237 g/mol. The van der Waals surface area contributed by atoms with Gasteiger partial charge in [0.05, 0.1) is 13.2 Å². The van der Waals surface area contributed by atoms with E-state index < -0.39 is 0 Å². The van der Waals surface area contributed by atoms with Gasteiger partial charge in [0, 0.05) is 19.2 Å². The maximum Gasteiger partial charge on any atom is 0.122 e. The Kier molecular flexibility index (Phi) is 4.23. The van der Waals surface area contributed by atoms with Crippen molar-refractivity contribution in [2.75, 3.05) is 32.8 Å². The van der Waals surface area contributed by atoms with Gasteiger partial charge in [0.2, 0.25) is 0 Å². The summed E-state index contributed by atoms with van der Waals surface area (Å²) in [7, 11) is 0. The highest BCUT2D eigenvalue weighted by molar-refractivity contribution is 5.38. The minimum absolute atomic E-state index is 0.111. The van der Waals surface area contributed by atoms with Crippen LogP contribution in [0.4, 0.5) is 0 Å². The topological polar surface area (TPSA) is 52.9 Å². The molecule has 0 radical (unpaired) electrons. The molecule has 1 fully saturated rings. The lowest BCUT2D eigenvalue weighted by atomic mass is 10.1. The summed E-state index contributed by atoms with van der Waals surface area (Å²) in [5.41, 5.74) is 0.899. The van der Waals surface area contributed by atoms with E-state index in [2.05, 4.69) is 4.90 Å². The van der Waals surface area contributed by atoms with Crippen molar-refractivity contribution in [3.63, 3.8) is 0 Å². The van der Waals surface area contributed by atoms with Crippen molar-refractivity contribution in [3.8, 4) is 11.5 Å². The van der Waals surface area contributed by atoms with Crippen LogP contribution >= 0.6 is 0 Å². The summed E-state index contributed by atoms with van der Waals surface area (Å²) >= 11 is 0. The number of benzene rings is 1. The zero-order chi connectivity index (χ0) is 12.1. The molecule has 4 heteroatoms. The van der Waals surface area contributed by atoms with Crippen molar-refractivity contribution in [1.29, 1.82) is 0 Å². The largest absolute Gasteiger partial charge is 0.508 e. The SMILES string of the molecule is Oc1ccc(CCCN2CCOCC2)c(O)c1. The number of aromatic hydroxyl groups is 2. The van der Waals surface area contributed by atoms with Gasteiger partial charge in [0.25, 0.3) is 0 Å². The average Bonchev–Trinajstić information content (AvgIpc) is 2.33. The zero-order valence-electron chi connectivity index (χ0n) is 9.93. The van der Waals surface area contributed by atoms with Gasteiger partial charge < -0.3 is 14.9 Å². The number of rotatable bonds is 4. The third kappa shape index (κ3) is 3.61. The van der Waals surface area contributed by atoms with E-state index in [1.807, 2.05) is 0 Å². The molecule has 17 heavy (non-hydrogen) atoms. The molecule has 0 bridgehead atoms. The molecule has 1 saturated heterocycles. The Morgan fingerprint density at radius 2 is 1.94 bits per heavy atom. The minimum Gasteiger partial charge on any atom is -0.508 e. The minimum atomic E-state index is 0.111. The van der Waals surface area contributed by atoms with Gasteiger partial charge >= 0.3 is 0 Å². The lowest BCUT2D eigenvalue weighted by Crippen LogP contribution is -2.36. The van der Waals surface area contributed by atoms with Crippen LogP contribution in [0.5, 0.6) is 11.5 Å². The molecule has 4 nitrogen and oxygen atoms in total. The number of ether oxygens (including phenoxy) is 1. The number of hydrogen-bond donors (Lipinski definition) is 2. The molecule has 0 unspecified atom stereocenters. The molecule has 0 saturated carbocycles. The van der Waals surface area contributed by atoms with Gasteiger partial charge in [0.15, 0.2) is 0 Å². The van der Waals surface area contributed by atoms with Crippen LogP contribution in [0, 0.1) is 0 Å². The first-order valence-electron chi connectivity index (χ1n) is 6.06. The van der Waals surface area contributed by atoms with Crippen molar-refractivity contribution < 1.29 is 14.9 Å². The van der Waals surface area contributed by atoms with Crippen molar-refractivity contribution >= 4 is 0 Å². The Balaban J connectivity index is 1.77. The fraction of sp³-hybridized carbons (Fsp3) is 0.538. The van der Waals surface area contributed by atoms with Crippen molar-refractivity contribution in [2.24, 2.45) is 0 Å². The summed E-state index contributed by atoms with van der Waals surface area (Å²) in [6.45, 7) is 4.68. The first kappa shape index (κ1) is 12.2. The molecule has 0 aliphatic carbocycles. The van der Waals surface area contributed by atoms with Crippen LogP contribution in [0.25, 0.3) is 0 Å². The lowest BCUT2D eigenvalue weighted by Gasteiger charge is -2.26. The first-order valence-corrected chi connectivity index (χ1v) is 6.06. The number of aryl methyl sites for hydroxylation is 1. The molecule has 2 rings (SSSR count). The summed E-state index contributed by atoms with van der Waals surface area (Å²) in [6.07, 6.45) is 1.85. The molecule has 2 N–H and O–H groups in total. The van der Waals surface area contributed by atoms with Gasteiger partial charge in [0.1, 0.15) is 11.5 Å². The number of phenols is 2. The molecule has 0 aromatic heterocycles. The van der Waals surface area contributed by atoms with Gasteiger partial charge in [-0.15, -0.1) is 0 Å². The summed E-state index contributed by atoms with van der Waals surface area (Å²) in [5.74, 6) is 0.298. The molecule has 0 amide bonds. The average molecular weight is 237 g/mol. The fourth-order valence-corrected chi connectivity index (χ4v) is 2.08. The molecular formula is C13H19NO3. The second-order valence-electron chi connectivity index (χ2n) is 4.37. The normalized spacial score (nSPS) is 17.2. The van der Waals surface area contributed by atoms with E-state index >= 15 is 0 Å². The Hall–Kier alpha value is -1.26. The van der Waals surface area contributed by atoms with E-state index in [1.54, 1.807) is 12.1 Å². The second-order valence-corrected chi connectivity index (χ2v) is 4.37. The third-order valence-corrected chi connectivity index (χ3v) is 3.09. The maximum absolute atomic E-state index is 9.63. The summed E-state index contributed by atoms with van der Waals surface area (Å²) in [5, 5.41) is 18.8. The Morgan fingerprint density at radius 1 is 1.18 bits per heavy atom. The van der Waals surface area contributed by atoms with Crippen LogP contribution in [0.3, 0.4) is 0 Å². The van der Waals surface area contributed by atoms with E-state index in [9.17, 15) is 10.2 Å².